The molecule has 0 atom stereocenters. The third-order valence-corrected chi connectivity index (χ3v) is 3.21. The third-order valence-electron chi connectivity index (χ3n) is 2.87. The number of likely N-dealkylation sites (N-methyl/N-ethyl adjacent to an activating group) is 1. The number of anilines is 1. The van der Waals surface area contributed by atoms with Crippen molar-refractivity contribution in [2.24, 2.45) is 11.7 Å². The molecule has 0 saturated heterocycles. The van der Waals surface area contributed by atoms with Crippen LogP contribution in [-0.2, 0) is 6.54 Å². The normalized spacial score (nSPS) is 11.4. The molecule has 0 aliphatic rings. The van der Waals surface area contributed by atoms with Crippen LogP contribution >= 0.6 is 11.6 Å². The molecule has 108 valence electrons. The van der Waals surface area contributed by atoms with Crippen LogP contribution < -0.4 is 10.6 Å². The number of rotatable bonds is 7. The minimum Gasteiger partial charge on any atom is -0.355 e. The predicted octanol–water partition coefficient (Wildman–Crippen LogP) is 2.22. The first kappa shape index (κ1) is 16.2. The van der Waals surface area contributed by atoms with Gasteiger partial charge < -0.3 is 15.5 Å². The van der Waals surface area contributed by atoms with Crippen molar-refractivity contribution in [1.82, 2.24) is 9.88 Å². The number of hydrogen-bond acceptors (Lipinski definition) is 4. The summed E-state index contributed by atoms with van der Waals surface area (Å²) in [7, 11) is 4.16. The van der Waals surface area contributed by atoms with E-state index in [-0.39, 0.29) is 0 Å². The van der Waals surface area contributed by atoms with Gasteiger partial charge in [-0.2, -0.15) is 0 Å². The monoisotopic (exact) mass is 284 g/mol. The first-order valence-electron chi connectivity index (χ1n) is 6.68. The van der Waals surface area contributed by atoms with Crippen LogP contribution in [0.25, 0.3) is 0 Å². The van der Waals surface area contributed by atoms with Crippen molar-refractivity contribution >= 4 is 17.4 Å². The largest absolute Gasteiger partial charge is 0.355 e. The Balaban J connectivity index is 2.89. The smallest absolute Gasteiger partial charge is 0.128 e. The fourth-order valence-electron chi connectivity index (χ4n) is 1.86. The van der Waals surface area contributed by atoms with Gasteiger partial charge in [-0.15, -0.1) is 0 Å². The van der Waals surface area contributed by atoms with Crippen molar-refractivity contribution in [3.8, 4) is 0 Å². The number of halogens is 1. The van der Waals surface area contributed by atoms with Gasteiger partial charge in [-0.25, -0.2) is 4.98 Å². The Morgan fingerprint density at radius 2 is 2.00 bits per heavy atom. The zero-order chi connectivity index (χ0) is 14.4. The highest BCUT2D eigenvalue weighted by molar-refractivity contribution is 6.31. The van der Waals surface area contributed by atoms with E-state index in [0.717, 1.165) is 31.0 Å². The lowest BCUT2D eigenvalue weighted by atomic mass is 10.2. The summed E-state index contributed by atoms with van der Waals surface area (Å²) in [5, 5.41) is 0.642. The predicted molar refractivity (Wildman–Crippen MR) is 82.7 cm³/mol. The Morgan fingerprint density at radius 1 is 1.32 bits per heavy atom. The average Bonchev–Trinajstić information content (AvgIpc) is 2.34. The van der Waals surface area contributed by atoms with E-state index in [1.807, 2.05) is 6.07 Å². The van der Waals surface area contributed by atoms with E-state index in [1.54, 1.807) is 6.20 Å². The molecule has 0 bridgehead atoms. The lowest BCUT2D eigenvalue weighted by Crippen LogP contribution is -2.35. The fraction of sp³-hybridized carbons (Fsp3) is 0.643. The van der Waals surface area contributed by atoms with Crippen LogP contribution in [0, 0.1) is 5.92 Å². The van der Waals surface area contributed by atoms with Gasteiger partial charge in [-0.3, -0.25) is 0 Å². The first-order chi connectivity index (χ1) is 8.93. The zero-order valence-electron chi connectivity index (χ0n) is 12.4. The molecule has 0 spiro atoms. The van der Waals surface area contributed by atoms with E-state index in [2.05, 4.69) is 42.7 Å². The van der Waals surface area contributed by atoms with E-state index in [4.69, 9.17) is 17.3 Å². The van der Waals surface area contributed by atoms with Crippen molar-refractivity contribution in [3.63, 3.8) is 0 Å². The number of hydrogen-bond donors (Lipinski definition) is 1. The second kappa shape index (κ2) is 7.68. The highest BCUT2D eigenvalue weighted by atomic mass is 35.5. The highest BCUT2D eigenvalue weighted by Gasteiger charge is 2.12. The molecule has 1 aromatic rings. The molecule has 0 radical (unpaired) electrons. The number of pyridine rings is 1. The number of nitrogens with zero attached hydrogens (tertiary/aromatic N) is 3. The minimum absolute atomic E-state index is 0.442. The molecule has 5 heteroatoms. The molecule has 1 rings (SSSR count). The zero-order valence-corrected chi connectivity index (χ0v) is 13.1. The van der Waals surface area contributed by atoms with Gasteiger partial charge >= 0.3 is 0 Å². The molecular formula is C14H25ClN4. The summed E-state index contributed by atoms with van der Waals surface area (Å²) in [6.45, 7) is 7.79. The molecule has 19 heavy (non-hydrogen) atoms. The summed E-state index contributed by atoms with van der Waals surface area (Å²) in [5.74, 6) is 1.54. The van der Waals surface area contributed by atoms with E-state index in [1.165, 1.54) is 0 Å². The molecular weight excluding hydrogens is 260 g/mol. The second-order valence-corrected chi connectivity index (χ2v) is 5.89. The Morgan fingerprint density at radius 3 is 2.53 bits per heavy atom. The Labute approximate surface area is 121 Å². The number of nitrogens with two attached hydrogens (primary N) is 1. The van der Waals surface area contributed by atoms with Gasteiger partial charge in [-0.05, 0) is 31.6 Å². The molecule has 0 unspecified atom stereocenters. The lowest BCUT2D eigenvalue weighted by Gasteiger charge is -2.27. The molecule has 2 N–H and O–H groups in total. The highest BCUT2D eigenvalue weighted by Crippen LogP contribution is 2.20. The van der Waals surface area contributed by atoms with Crippen LogP contribution in [0.5, 0.6) is 0 Å². The van der Waals surface area contributed by atoms with Gasteiger partial charge in [0.05, 0.1) is 5.02 Å². The van der Waals surface area contributed by atoms with Crippen molar-refractivity contribution in [2.75, 3.05) is 38.6 Å². The lowest BCUT2D eigenvalue weighted by molar-refractivity contribution is 0.408. The van der Waals surface area contributed by atoms with Crippen LogP contribution in [0.2, 0.25) is 5.02 Å². The summed E-state index contributed by atoms with van der Waals surface area (Å²) < 4.78 is 0. The molecule has 4 nitrogen and oxygen atoms in total. The molecule has 0 saturated carbocycles. The van der Waals surface area contributed by atoms with Crippen LogP contribution in [0.4, 0.5) is 5.82 Å². The maximum absolute atomic E-state index is 6.07. The minimum atomic E-state index is 0.442. The summed E-state index contributed by atoms with van der Waals surface area (Å²) in [6.07, 6.45) is 1.70. The Hall–Kier alpha value is -0.840. The summed E-state index contributed by atoms with van der Waals surface area (Å²) in [6, 6.07) is 2.00. The summed E-state index contributed by atoms with van der Waals surface area (Å²) in [5.41, 5.74) is 6.65. The van der Waals surface area contributed by atoms with Crippen LogP contribution in [0.1, 0.15) is 19.4 Å². The molecule has 1 heterocycles. The maximum atomic E-state index is 6.07. The molecule has 0 fully saturated rings. The average molecular weight is 285 g/mol. The van der Waals surface area contributed by atoms with Gasteiger partial charge in [0.2, 0.25) is 0 Å². The maximum Gasteiger partial charge on any atom is 0.128 e. The Kier molecular flexibility index (Phi) is 6.55. The van der Waals surface area contributed by atoms with Gasteiger partial charge in [0, 0.05) is 32.4 Å². The molecule has 0 amide bonds. The van der Waals surface area contributed by atoms with Crippen LogP contribution in [0.15, 0.2) is 12.3 Å². The SMILES string of the molecule is CC(C)CN(CCN(C)C)c1cc(CN)c(Cl)cn1. The van der Waals surface area contributed by atoms with Gasteiger partial charge in [0.1, 0.15) is 5.82 Å². The second-order valence-electron chi connectivity index (χ2n) is 5.48. The van der Waals surface area contributed by atoms with E-state index < -0.39 is 0 Å². The number of aromatic nitrogens is 1. The molecule has 0 aliphatic carbocycles. The molecule has 1 aromatic heterocycles. The van der Waals surface area contributed by atoms with Crippen molar-refractivity contribution in [1.29, 1.82) is 0 Å². The quantitative estimate of drug-likeness (QED) is 0.834. The van der Waals surface area contributed by atoms with Gasteiger partial charge in [0.25, 0.3) is 0 Å². The van der Waals surface area contributed by atoms with Gasteiger partial charge in [0.15, 0.2) is 0 Å². The molecule has 0 aliphatic heterocycles. The van der Waals surface area contributed by atoms with Gasteiger partial charge in [-0.1, -0.05) is 25.4 Å². The first-order valence-corrected chi connectivity index (χ1v) is 7.06. The Bertz CT molecular complexity index is 393. The standard InChI is InChI=1S/C14H25ClN4/c1-11(2)10-19(6-5-18(3)4)14-7-12(8-16)13(15)9-17-14/h7,9,11H,5-6,8,10,16H2,1-4H3. The third kappa shape index (κ3) is 5.35. The van der Waals surface area contributed by atoms with E-state index >= 15 is 0 Å². The topological polar surface area (TPSA) is 45.4 Å². The fourth-order valence-corrected chi connectivity index (χ4v) is 2.04. The van der Waals surface area contributed by atoms with E-state index in [0.29, 0.717) is 17.5 Å². The van der Waals surface area contributed by atoms with Crippen molar-refractivity contribution < 1.29 is 0 Å². The molecule has 0 aromatic carbocycles. The van der Waals surface area contributed by atoms with Crippen LogP contribution in [-0.4, -0.2) is 43.6 Å². The summed E-state index contributed by atoms with van der Waals surface area (Å²) in [4.78, 5) is 8.90. The van der Waals surface area contributed by atoms with Crippen molar-refractivity contribution in [2.45, 2.75) is 20.4 Å². The van der Waals surface area contributed by atoms with E-state index in [9.17, 15) is 0 Å². The summed E-state index contributed by atoms with van der Waals surface area (Å²) >= 11 is 6.07. The van der Waals surface area contributed by atoms with Crippen molar-refractivity contribution in [3.05, 3.63) is 22.8 Å². The van der Waals surface area contributed by atoms with Crippen LogP contribution in [0.3, 0.4) is 0 Å².